The quantitative estimate of drug-likeness (QED) is 0.587. The van der Waals surface area contributed by atoms with Crippen LogP contribution in [0.1, 0.15) is 18.0 Å². The molecule has 0 radical (unpaired) electrons. The molecule has 0 amide bonds. The van der Waals surface area contributed by atoms with Gasteiger partial charge in [-0.3, -0.25) is 18.7 Å². The summed E-state index contributed by atoms with van der Waals surface area (Å²) in [7, 11) is 2.89. The van der Waals surface area contributed by atoms with Crippen LogP contribution in [-0.2, 0) is 36.7 Å². The van der Waals surface area contributed by atoms with E-state index in [-0.39, 0.29) is 19.4 Å². The highest BCUT2D eigenvalue weighted by molar-refractivity contribution is 7.13. The zero-order valence-electron chi connectivity index (χ0n) is 14.2. The Labute approximate surface area is 151 Å². The van der Waals surface area contributed by atoms with Crippen LogP contribution in [0.2, 0.25) is 0 Å². The third-order valence-electron chi connectivity index (χ3n) is 3.76. The molecule has 136 valence electrons. The Hall–Kier alpha value is -3.01. The SMILES string of the molecule is Cn1c(COC(=O)CCc2nc(-c3cccs3)no2)cc(=O)n(C)c1=O. The highest BCUT2D eigenvalue weighted by Crippen LogP contribution is 2.21. The Morgan fingerprint density at radius 2 is 2.12 bits per heavy atom. The van der Waals surface area contributed by atoms with Gasteiger partial charge in [-0.1, -0.05) is 11.2 Å². The largest absolute Gasteiger partial charge is 0.459 e. The maximum Gasteiger partial charge on any atom is 0.330 e. The van der Waals surface area contributed by atoms with E-state index in [4.69, 9.17) is 9.26 Å². The number of nitrogens with zero attached hydrogens (tertiary/aromatic N) is 4. The zero-order valence-corrected chi connectivity index (χ0v) is 15.0. The Morgan fingerprint density at radius 3 is 2.85 bits per heavy atom. The maximum atomic E-state index is 11.9. The summed E-state index contributed by atoms with van der Waals surface area (Å²) in [4.78, 5) is 40.5. The molecule has 0 saturated carbocycles. The lowest BCUT2D eigenvalue weighted by atomic mass is 10.3. The third kappa shape index (κ3) is 3.80. The van der Waals surface area contributed by atoms with E-state index in [0.29, 0.717) is 17.4 Å². The third-order valence-corrected chi connectivity index (χ3v) is 4.62. The summed E-state index contributed by atoms with van der Waals surface area (Å²) in [6, 6.07) is 5.03. The van der Waals surface area contributed by atoms with Crippen molar-refractivity contribution in [2.24, 2.45) is 14.1 Å². The molecule has 0 N–H and O–H groups in total. The summed E-state index contributed by atoms with van der Waals surface area (Å²) in [5.74, 6) is 0.332. The highest BCUT2D eigenvalue weighted by Gasteiger charge is 2.13. The molecule has 3 heterocycles. The number of carbonyl (C=O) groups excluding carboxylic acids is 1. The number of esters is 1. The molecule has 10 heteroatoms. The van der Waals surface area contributed by atoms with E-state index in [2.05, 4.69) is 10.1 Å². The van der Waals surface area contributed by atoms with Gasteiger partial charge >= 0.3 is 11.7 Å². The zero-order chi connectivity index (χ0) is 18.7. The van der Waals surface area contributed by atoms with Crippen LogP contribution < -0.4 is 11.2 Å². The first-order chi connectivity index (χ1) is 12.5. The molecule has 0 unspecified atom stereocenters. The molecule has 0 spiro atoms. The molecule has 0 aliphatic heterocycles. The van der Waals surface area contributed by atoms with Crippen molar-refractivity contribution in [2.45, 2.75) is 19.4 Å². The molecule has 26 heavy (non-hydrogen) atoms. The van der Waals surface area contributed by atoms with Crippen LogP contribution in [0.4, 0.5) is 0 Å². The molecule has 3 aromatic rings. The standard InChI is InChI=1S/C16H16N4O5S/c1-19-10(8-13(21)20(2)16(19)23)9-24-14(22)6-5-12-17-15(18-25-12)11-4-3-7-26-11/h3-4,7-8H,5-6,9H2,1-2H3. The fourth-order valence-corrected chi connectivity index (χ4v) is 2.86. The predicted octanol–water partition coefficient (Wildman–Crippen LogP) is 0.872. The van der Waals surface area contributed by atoms with Crippen LogP contribution in [0.3, 0.4) is 0 Å². The van der Waals surface area contributed by atoms with Gasteiger partial charge in [0.1, 0.15) is 6.61 Å². The first-order valence-electron chi connectivity index (χ1n) is 7.73. The van der Waals surface area contributed by atoms with E-state index in [1.165, 1.54) is 36.1 Å². The molecular weight excluding hydrogens is 360 g/mol. The summed E-state index contributed by atoms with van der Waals surface area (Å²) in [5.41, 5.74) is -0.606. The second kappa shape index (κ2) is 7.48. The van der Waals surface area contributed by atoms with Crippen molar-refractivity contribution in [3.05, 3.63) is 56.0 Å². The van der Waals surface area contributed by atoms with Gasteiger partial charge in [0.2, 0.25) is 11.7 Å². The second-order valence-corrected chi connectivity index (χ2v) is 6.47. The van der Waals surface area contributed by atoms with E-state index < -0.39 is 17.2 Å². The second-order valence-electron chi connectivity index (χ2n) is 5.52. The van der Waals surface area contributed by atoms with E-state index in [9.17, 15) is 14.4 Å². The van der Waals surface area contributed by atoms with Crippen molar-refractivity contribution in [1.29, 1.82) is 0 Å². The molecule has 0 aromatic carbocycles. The van der Waals surface area contributed by atoms with E-state index >= 15 is 0 Å². The average Bonchev–Trinajstić information content (AvgIpc) is 3.31. The van der Waals surface area contributed by atoms with Gasteiger partial charge in [0.15, 0.2) is 0 Å². The minimum atomic E-state index is -0.492. The Balaban J connectivity index is 1.55. The lowest BCUT2D eigenvalue weighted by molar-refractivity contribution is -0.145. The van der Waals surface area contributed by atoms with Gasteiger partial charge in [-0.05, 0) is 11.4 Å². The molecular formula is C16H16N4O5S. The number of rotatable bonds is 6. The van der Waals surface area contributed by atoms with Crippen molar-refractivity contribution in [2.75, 3.05) is 0 Å². The number of thiophene rings is 1. The van der Waals surface area contributed by atoms with Crippen LogP contribution in [0, 0.1) is 0 Å². The van der Waals surface area contributed by atoms with Gasteiger partial charge in [-0.25, -0.2) is 4.79 Å². The summed E-state index contributed by atoms with van der Waals surface area (Å²) in [6.45, 7) is -0.162. The molecule has 0 atom stereocenters. The summed E-state index contributed by atoms with van der Waals surface area (Å²) < 4.78 is 12.5. The van der Waals surface area contributed by atoms with Gasteiger partial charge < -0.3 is 9.26 Å². The van der Waals surface area contributed by atoms with Crippen molar-refractivity contribution in [3.8, 4) is 10.7 Å². The van der Waals surface area contributed by atoms with Crippen molar-refractivity contribution < 1.29 is 14.1 Å². The maximum absolute atomic E-state index is 11.9. The fourth-order valence-electron chi connectivity index (χ4n) is 2.21. The first kappa shape index (κ1) is 17.8. The number of hydrogen-bond acceptors (Lipinski definition) is 8. The molecule has 0 bridgehead atoms. The fraction of sp³-hybridized carbons (Fsp3) is 0.312. The summed E-state index contributed by atoms with van der Waals surface area (Å²) in [6.07, 6.45) is 0.289. The predicted molar refractivity (Wildman–Crippen MR) is 92.7 cm³/mol. The number of aryl methyl sites for hydroxylation is 1. The lowest BCUT2D eigenvalue weighted by Crippen LogP contribution is -2.38. The van der Waals surface area contributed by atoms with Crippen LogP contribution in [0.25, 0.3) is 10.7 Å². The number of ether oxygens (including phenoxy) is 1. The molecule has 0 aliphatic rings. The van der Waals surface area contributed by atoms with Gasteiger partial charge in [0, 0.05) is 26.6 Å². The van der Waals surface area contributed by atoms with E-state index in [1.54, 1.807) is 0 Å². The first-order valence-corrected chi connectivity index (χ1v) is 8.61. The number of aromatic nitrogens is 4. The van der Waals surface area contributed by atoms with Crippen molar-refractivity contribution >= 4 is 17.3 Å². The van der Waals surface area contributed by atoms with Crippen molar-refractivity contribution in [1.82, 2.24) is 19.3 Å². The Bertz CT molecular complexity index is 1030. The molecule has 0 aliphatic carbocycles. The van der Waals surface area contributed by atoms with E-state index in [0.717, 1.165) is 9.44 Å². The van der Waals surface area contributed by atoms with Crippen molar-refractivity contribution in [3.63, 3.8) is 0 Å². The van der Waals surface area contributed by atoms with Gasteiger partial charge in [-0.2, -0.15) is 4.98 Å². The molecule has 0 saturated heterocycles. The Kier molecular flexibility index (Phi) is 5.12. The summed E-state index contributed by atoms with van der Waals surface area (Å²) >= 11 is 1.49. The molecule has 3 rings (SSSR count). The highest BCUT2D eigenvalue weighted by atomic mass is 32.1. The van der Waals surface area contributed by atoms with E-state index in [1.807, 2.05) is 17.5 Å². The summed E-state index contributed by atoms with van der Waals surface area (Å²) in [5, 5.41) is 5.78. The van der Waals surface area contributed by atoms with Crippen LogP contribution in [0.5, 0.6) is 0 Å². The minimum absolute atomic E-state index is 0.0465. The monoisotopic (exact) mass is 376 g/mol. The molecule has 3 aromatic heterocycles. The Morgan fingerprint density at radius 1 is 1.31 bits per heavy atom. The molecule has 9 nitrogen and oxygen atoms in total. The number of carbonyl (C=O) groups is 1. The minimum Gasteiger partial charge on any atom is -0.459 e. The van der Waals surface area contributed by atoms with Crippen LogP contribution in [0.15, 0.2) is 37.7 Å². The normalized spacial score (nSPS) is 10.8. The lowest BCUT2D eigenvalue weighted by Gasteiger charge is -2.09. The van der Waals surface area contributed by atoms with Gasteiger partial charge in [0.25, 0.3) is 5.56 Å². The molecule has 0 fully saturated rings. The smallest absolute Gasteiger partial charge is 0.330 e. The average molecular weight is 376 g/mol. The number of hydrogen-bond donors (Lipinski definition) is 0. The topological polar surface area (TPSA) is 109 Å². The van der Waals surface area contributed by atoms with Gasteiger partial charge in [0.05, 0.1) is 17.0 Å². The van der Waals surface area contributed by atoms with Gasteiger partial charge in [-0.15, -0.1) is 11.3 Å². The van der Waals surface area contributed by atoms with Crippen LogP contribution >= 0.6 is 11.3 Å². The van der Waals surface area contributed by atoms with Crippen LogP contribution in [-0.4, -0.2) is 25.2 Å².